The summed E-state index contributed by atoms with van der Waals surface area (Å²) in [5.41, 5.74) is -0.692. The van der Waals surface area contributed by atoms with E-state index in [4.69, 9.17) is 0 Å². The van der Waals surface area contributed by atoms with Gasteiger partial charge in [0.05, 0.1) is 5.56 Å². The van der Waals surface area contributed by atoms with E-state index >= 15 is 0 Å². The fourth-order valence-electron chi connectivity index (χ4n) is 3.63. The first-order chi connectivity index (χ1) is 9.88. The quantitative estimate of drug-likeness (QED) is 0.792. The Morgan fingerprint density at radius 2 is 1.86 bits per heavy atom. The Balaban J connectivity index is 1.75. The van der Waals surface area contributed by atoms with E-state index in [1.165, 1.54) is 0 Å². The zero-order valence-electron chi connectivity index (χ0n) is 11.8. The van der Waals surface area contributed by atoms with Crippen LogP contribution >= 0.6 is 0 Å². The average Bonchev–Trinajstić information content (AvgIpc) is 2.37. The van der Waals surface area contributed by atoms with Gasteiger partial charge < -0.3 is 0 Å². The van der Waals surface area contributed by atoms with Crippen LogP contribution in [0.2, 0.25) is 0 Å². The number of likely N-dealkylation sites (N-methyl/N-ethyl adjacent to an activating group) is 1. The summed E-state index contributed by atoms with van der Waals surface area (Å²) >= 11 is 0. The standard InChI is InChI=1S/C15H18F4N2/c1-2-21-12-6-13(21)9-20(8-12)7-10-5-11(16)3-4-14(10)15(17,18)19/h3-5,12-13H,2,6-9H2,1H3. The number of piperidine rings is 1. The van der Waals surface area contributed by atoms with Crippen molar-refractivity contribution in [2.45, 2.75) is 38.1 Å². The number of rotatable bonds is 3. The van der Waals surface area contributed by atoms with Crippen LogP contribution in [-0.2, 0) is 12.7 Å². The van der Waals surface area contributed by atoms with E-state index in [1.54, 1.807) is 0 Å². The van der Waals surface area contributed by atoms with Gasteiger partial charge in [-0.25, -0.2) is 4.39 Å². The maximum Gasteiger partial charge on any atom is 0.416 e. The molecule has 4 rings (SSSR count). The molecule has 3 saturated heterocycles. The van der Waals surface area contributed by atoms with Gasteiger partial charge in [0, 0.05) is 31.7 Å². The number of benzene rings is 1. The molecule has 2 bridgehead atoms. The molecule has 2 nitrogen and oxygen atoms in total. The Kier molecular flexibility index (Phi) is 3.69. The Morgan fingerprint density at radius 3 is 2.43 bits per heavy atom. The van der Waals surface area contributed by atoms with Gasteiger partial charge in [0.1, 0.15) is 5.82 Å². The van der Waals surface area contributed by atoms with Gasteiger partial charge in [0.25, 0.3) is 0 Å². The smallest absolute Gasteiger partial charge is 0.296 e. The van der Waals surface area contributed by atoms with Crippen LogP contribution in [0.3, 0.4) is 0 Å². The summed E-state index contributed by atoms with van der Waals surface area (Å²) in [5.74, 6) is -0.615. The molecule has 2 unspecified atom stereocenters. The van der Waals surface area contributed by atoms with E-state index in [2.05, 4.69) is 11.8 Å². The second kappa shape index (κ2) is 5.25. The van der Waals surface area contributed by atoms with Crippen LogP contribution in [-0.4, -0.2) is 41.5 Å². The van der Waals surface area contributed by atoms with Crippen LogP contribution in [0.15, 0.2) is 18.2 Å². The van der Waals surface area contributed by atoms with Crippen LogP contribution in [0.5, 0.6) is 0 Å². The van der Waals surface area contributed by atoms with E-state index in [1.807, 2.05) is 4.90 Å². The highest BCUT2D eigenvalue weighted by molar-refractivity contribution is 5.30. The molecule has 0 radical (unpaired) electrons. The third kappa shape index (κ3) is 2.79. The van der Waals surface area contributed by atoms with Gasteiger partial charge in [-0.05, 0) is 36.7 Å². The largest absolute Gasteiger partial charge is 0.416 e. The van der Waals surface area contributed by atoms with Crippen LogP contribution in [0, 0.1) is 5.82 Å². The minimum Gasteiger partial charge on any atom is -0.296 e. The Labute approximate surface area is 121 Å². The van der Waals surface area contributed by atoms with Crippen LogP contribution in [0.25, 0.3) is 0 Å². The number of fused-ring (bicyclic) bond motifs is 2. The lowest BCUT2D eigenvalue weighted by atomic mass is 9.87. The molecule has 0 spiro atoms. The average molecular weight is 302 g/mol. The van der Waals surface area contributed by atoms with E-state index in [9.17, 15) is 17.6 Å². The lowest BCUT2D eigenvalue weighted by molar-refractivity contribution is -0.138. The zero-order valence-corrected chi connectivity index (χ0v) is 11.8. The Hall–Kier alpha value is -1.14. The van der Waals surface area contributed by atoms with Gasteiger partial charge >= 0.3 is 6.18 Å². The van der Waals surface area contributed by atoms with Gasteiger partial charge in [-0.15, -0.1) is 0 Å². The lowest BCUT2D eigenvalue weighted by Crippen LogP contribution is -2.68. The first-order valence-corrected chi connectivity index (χ1v) is 7.22. The molecular formula is C15H18F4N2. The van der Waals surface area contributed by atoms with Crippen LogP contribution in [0.4, 0.5) is 17.6 Å². The highest BCUT2D eigenvalue weighted by atomic mass is 19.4. The van der Waals surface area contributed by atoms with Gasteiger partial charge in [-0.2, -0.15) is 13.2 Å². The number of alkyl halides is 3. The summed E-state index contributed by atoms with van der Waals surface area (Å²) < 4.78 is 52.3. The topological polar surface area (TPSA) is 6.48 Å². The maximum atomic E-state index is 13.3. The molecule has 21 heavy (non-hydrogen) atoms. The summed E-state index contributed by atoms with van der Waals surface area (Å²) in [7, 11) is 0. The first-order valence-electron chi connectivity index (χ1n) is 7.22. The summed E-state index contributed by atoms with van der Waals surface area (Å²) in [6.07, 6.45) is -3.31. The molecule has 0 saturated carbocycles. The van der Waals surface area contributed by atoms with E-state index in [0.717, 1.165) is 44.3 Å². The summed E-state index contributed by atoms with van der Waals surface area (Å²) in [6.45, 7) is 4.77. The molecule has 3 heterocycles. The van der Waals surface area contributed by atoms with Crippen molar-refractivity contribution < 1.29 is 17.6 Å². The maximum absolute atomic E-state index is 13.3. The molecule has 0 amide bonds. The Morgan fingerprint density at radius 1 is 1.19 bits per heavy atom. The minimum absolute atomic E-state index is 0.0341. The van der Waals surface area contributed by atoms with E-state index < -0.39 is 17.6 Å². The second-order valence-electron chi connectivity index (χ2n) is 5.87. The zero-order chi connectivity index (χ0) is 15.2. The molecule has 0 N–H and O–H groups in total. The van der Waals surface area contributed by atoms with Crippen molar-refractivity contribution in [1.29, 1.82) is 0 Å². The third-order valence-corrected chi connectivity index (χ3v) is 4.55. The van der Waals surface area contributed by atoms with Crippen molar-refractivity contribution in [3.63, 3.8) is 0 Å². The van der Waals surface area contributed by atoms with Crippen molar-refractivity contribution in [2.75, 3.05) is 19.6 Å². The van der Waals surface area contributed by atoms with Crippen LogP contribution < -0.4 is 0 Å². The monoisotopic (exact) mass is 302 g/mol. The number of nitrogens with zero attached hydrogens (tertiary/aromatic N) is 2. The summed E-state index contributed by atoms with van der Waals surface area (Å²) in [6, 6.07) is 3.61. The fraction of sp³-hybridized carbons (Fsp3) is 0.600. The van der Waals surface area contributed by atoms with Gasteiger partial charge in [-0.3, -0.25) is 9.80 Å². The van der Waals surface area contributed by atoms with Crippen molar-refractivity contribution in [3.05, 3.63) is 35.1 Å². The molecule has 2 atom stereocenters. The van der Waals surface area contributed by atoms with Crippen LogP contribution in [0.1, 0.15) is 24.5 Å². The molecule has 3 aliphatic heterocycles. The van der Waals surface area contributed by atoms with Gasteiger partial charge in [0.15, 0.2) is 0 Å². The molecule has 3 aliphatic rings. The summed E-state index contributed by atoms with van der Waals surface area (Å²) in [5, 5.41) is 0. The summed E-state index contributed by atoms with van der Waals surface area (Å²) in [4.78, 5) is 4.39. The highest BCUT2D eigenvalue weighted by Crippen LogP contribution is 2.35. The molecule has 3 fully saturated rings. The fourth-order valence-corrected chi connectivity index (χ4v) is 3.63. The number of hydrogen-bond donors (Lipinski definition) is 0. The van der Waals surface area contributed by atoms with E-state index in [-0.39, 0.29) is 12.1 Å². The molecule has 1 aromatic carbocycles. The minimum atomic E-state index is -4.43. The van der Waals surface area contributed by atoms with Crippen molar-refractivity contribution >= 4 is 0 Å². The Bertz CT molecular complexity index is 517. The van der Waals surface area contributed by atoms with Gasteiger partial charge in [-0.1, -0.05) is 6.92 Å². The number of hydrogen-bond acceptors (Lipinski definition) is 2. The van der Waals surface area contributed by atoms with Crippen molar-refractivity contribution in [1.82, 2.24) is 9.80 Å². The molecule has 6 heteroatoms. The molecule has 1 aromatic rings. The predicted molar refractivity (Wildman–Crippen MR) is 71.3 cm³/mol. The van der Waals surface area contributed by atoms with Gasteiger partial charge in [0.2, 0.25) is 0 Å². The lowest BCUT2D eigenvalue weighted by Gasteiger charge is -2.56. The normalized spacial score (nSPS) is 26.7. The molecular weight excluding hydrogens is 284 g/mol. The highest BCUT2D eigenvalue weighted by Gasteiger charge is 2.43. The predicted octanol–water partition coefficient (Wildman–Crippen LogP) is 3.12. The number of halogens is 4. The number of piperazine rings is 1. The van der Waals surface area contributed by atoms with Crippen molar-refractivity contribution in [2.24, 2.45) is 0 Å². The molecule has 116 valence electrons. The van der Waals surface area contributed by atoms with Crippen molar-refractivity contribution in [3.8, 4) is 0 Å². The molecule has 0 aliphatic carbocycles. The molecule has 0 aromatic heterocycles. The third-order valence-electron chi connectivity index (χ3n) is 4.55. The SMILES string of the molecule is CCN1C2CC1CN(Cc1cc(F)ccc1C(F)(F)F)C2. The second-order valence-corrected chi connectivity index (χ2v) is 5.87. The van der Waals surface area contributed by atoms with E-state index in [0.29, 0.717) is 12.1 Å². The first kappa shape index (κ1) is 14.8.